The number of sulfone groups is 1. The monoisotopic (exact) mass is 248 g/mol. The normalized spacial score (nSPS) is 32.3. The summed E-state index contributed by atoms with van der Waals surface area (Å²) in [6.45, 7) is 1.43. The van der Waals surface area contributed by atoms with Crippen LogP contribution in [0.4, 0.5) is 4.79 Å². The van der Waals surface area contributed by atoms with Crippen LogP contribution in [0.25, 0.3) is 0 Å². The first kappa shape index (κ1) is 11.7. The Labute approximate surface area is 94.6 Å². The highest BCUT2D eigenvalue weighted by Gasteiger charge is 2.52. The Kier molecular flexibility index (Phi) is 2.83. The first-order valence-corrected chi connectivity index (χ1v) is 7.17. The van der Waals surface area contributed by atoms with Crippen LogP contribution >= 0.6 is 0 Å². The van der Waals surface area contributed by atoms with Gasteiger partial charge in [-0.15, -0.1) is 0 Å². The highest BCUT2D eigenvalue weighted by atomic mass is 32.2. The molecule has 2 N–H and O–H groups in total. The quantitative estimate of drug-likeness (QED) is 0.716. The summed E-state index contributed by atoms with van der Waals surface area (Å²) in [4.78, 5) is 13.1. The Morgan fingerprint density at radius 1 is 1.50 bits per heavy atom. The summed E-state index contributed by atoms with van der Waals surface area (Å²) < 4.78 is 28.0. The third-order valence-corrected chi connectivity index (χ3v) is 4.82. The lowest BCUT2D eigenvalue weighted by Crippen LogP contribution is -2.36. The van der Waals surface area contributed by atoms with E-state index in [1.165, 1.54) is 0 Å². The van der Waals surface area contributed by atoms with Gasteiger partial charge in [-0.05, 0) is 13.0 Å². The van der Waals surface area contributed by atoms with Gasteiger partial charge in [-0.2, -0.15) is 0 Å². The van der Waals surface area contributed by atoms with Crippen molar-refractivity contribution < 1.29 is 17.9 Å². The number of carbonyl (C=O) groups excluding carboxylic acids is 1. The van der Waals surface area contributed by atoms with Crippen LogP contribution in [0.15, 0.2) is 0 Å². The van der Waals surface area contributed by atoms with E-state index in [-0.39, 0.29) is 11.5 Å². The van der Waals surface area contributed by atoms with Crippen LogP contribution in [-0.4, -0.2) is 56.2 Å². The molecule has 2 saturated heterocycles. The molecule has 1 unspecified atom stereocenters. The van der Waals surface area contributed by atoms with Gasteiger partial charge < -0.3 is 15.4 Å². The van der Waals surface area contributed by atoms with Crippen LogP contribution in [0.5, 0.6) is 0 Å². The van der Waals surface area contributed by atoms with Gasteiger partial charge in [-0.3, -0.25) is 0 Å². The lowest BCUT2D eigenvalue weighted by atomic mass is 10.0. The van der Waals surface area contributed by atoms with E-state index >= 15 is 0 Å². The molecule has 0 aliphatic carbocycles. The Bertz CT molecular complexity index is 394. The summed E-state index contributed by atoms with van der Waals surface area (Å²) >= 11 is 0. The lowest BCUT2D eigenvalue weighted by Gasteiger charge is -2.18. The van der Waals surface area contributed by atoms with Crippen molar-refractivity contribution in [3.63, 3.8) is 0 Å². The SMILES string of the molecule is NCCCN1CC2(CCS(=O)(=O)C2)OC1=O. The van der Waals surface area contributed by atoms with Crippen molar-refractivity contribution in [2.24, 2.45) is 5.73 Å². The number of hydrogen-bond donors (Lipinski definition) is 1. The molecule has 2 rings (SSSR count). The zero-order valence-corrected chi connectivity index (χ0v) is 9.83. The second kappa shape index (κ2) is 3.89. The van der Waals surface area contributed by atoms with E-state index in [2.05, 4.69) is 0 Å². The van der Waals surface area contributed by atoms with Crippen LogP contribution in [0, 0.1) is 0 Å². The second-order valence-electron chi connectivity index (χ2n) is 4.46. The molecule has 0 aromatic carbocycles. The largest absolute Gasteiger partial charge is 0.440 e. The van der Waals surface area contributed by atoms with Gasteiger partial charge in [0.2, 0.25) is 0 Å². The summed E-state index contributed by atoms with van der Waals surface area (Å²) in [5.41, 5.74) is 4.58. The van der Waals surface area contributed by atoms with Gasteiger partial charge in [0.15, 0.2) is 9.84 Å². The summed E-state index contributed by atoms with van der Waals surface area (Å²) in [5, 5.41) is 0. The van der Waals surface area contributed by atoms with E-state index in [4.69, 9.17) is 10.5 Å². The van der Waals surface area contributed by atoms with Crippen LogP contribution in [-0.2, 0) is 14.6 Å². The fourth-order valence-corrected chi connectivity index (χ4v) is 4.16. The average molecular weight is 248 g/mol. The van der Waals surface area contributed by atoms with Gasteiger partial charge in [0, 0.05) is 13.0 Å². The molecule has 0 bridgehead atoms. The summed E-state index contributed by atoms with van der Waals surface area (Å²) in [6.07, 6.45) is 0.712. The number of nitrogens with zero attached hydrogens (tertiary/aromatic N) is 1. The van der Waals surface area contributed by atoms with Crippen LogP contribution in [0.3, 0.4) is 0 Å². The summed E-state index contributed by atoms with van der Waals surface area (Å²) in [7, 11) is -3.03. The van der Waals surface area contributed by atoms with E-state index in [1.807, 2.05) is 0 Å². The molecular formula is C9H16N2O4S. The van der Waals surface area contributed by atoms with E-state index in [0.717, 1.165) is 0 Å². The molecule has 0 saturated carbocycles. The molecule has 1 amide bonds. The Balaban J connectivity index is 2.04. The standard InChI is InChI=1S/C9H16N2O4S/c10-3-1-4-11-6-9(15-8(11)12)2-5-16(13,14)7-9/h1-7,10H2. The third kappa shape index (κ3) is 2.15. The Hall–Kier alpha value is -0.820. The van der Waals surface area contributed by atoms with Gasteiger partial charge in [0.05, 0.1) is 18.1 Å². The fraction of sp³-hybridized carbons (Fsp3) is 0.889. The topological polar surface area (TPSA) is 89.7 Å². The summed E-state index contributed by atoms with van der Waals surface area (Å²) in [6, 6.07) is 0. The van der Waals surface area contributed by atoms with Gasteiger partial charge in [0.25, 0.3) is 0 Å². The number of ether oxygens (including phenoxy) is 1. The van der Waals surface area contributed by atoms with Crippen molar-refractivity contribution in [1.29, 1.82) is 0 Å². The predicted octanol–water partition coefficient (Wildman–Crippen LogP) is -0.655. The molecule has 2 aliphatic heterocycles. The van der Waals surface area contributed by atoms with Crippen LogP contribution in [0.1, 0.15) is 12.8 Å². The molecule has 1 atom stereocenters. The first-order valence-electron chi connectivity index (χ1n) is 5.35. The van der Waals surface area contributed by atoms with Crippen molar-refractivity contribution in [2.45, 2.75) is 18.4 Å². The molecule has 1 spiro atoms. The molecule has 16 heavy (non-hydrogen) atoms. The maximum absolute atomic E-state index is 11.5. The highest BCUT2D eigenvalue weighted by molar-refractivity contribution is 7.91. The van der Waals surface area contributed by atoms with Crippen molar-refractivity contribution in [3.05, 3.63) is 0 Å². The van der Waals surface area contributed by atoms with Gasteiger partial charge in [-0.25, -0.2) is 13.2 Å². The third-order valence-electron chi connectivity index (χ3n) is 3.02. The van der Waals surface area contributed by atoms with Crippen molar-refractivity contribution in [1.82, 2.24) is 4.90 Å². The lowest BCUT2D eigenvalue weighted by molar-refractivity contribution is 0.0772. The van der Waals surface area contributed by atoms with Crippen molar-refractivity contribution >= 4 is 15.9 Å². The minimum atomic E-state index is -3.03. The number of nitrogens with two attached hydrogens (primary N) is 1. The van der Waals surface area contributed by atoms with Crippen molar-refractivity contribution in [3.8, 4) is 0 Å². The predicted molar refractivity (Wildman–Crippen MR) is 57.7 cm³/mol. The smallest absolute Gasteiger partial charge is 0.410 e. The molecule has 0 aromatic heterocycles. The van der Waals surface area contributed by atoms with Crippen molar-refractivity contribution in [2.75, 3.05) is 31.1 Å². The van der Waals surface area contributed by atoms with Crippen LogP contribution < -0.4 is 5.73 Å². The van der Waals surface area contributed by atoms with Gasteiger partial charge in [-0.1, -0.05) is 0 Å². The molecule has 0 radical (unpaired) electrons. The minimum absolute atomic E-state index is 0.0368. The second-order valence-corrected chi connectivity index (χ2v) is 6.64. The average Bonchev–Trinajstić information content (AvgIpc) is 2.64. The number of carbonyl (C=O) groups is 1. The summed E-state index contributed by atoms with van der Waals surface area (Å²) in [5.74, 6) is 0.0792. The molecule has 2 aliphatic rings. The zero-order chi connectivity index (χ0) is 11.8. The highest BCUT2D eigenvalue weighted by Crippen LogP contribution is 2.33. The first-order chi connectivity index (χ1) is 7.46. The number of hydrogen-bond acceptors (Lipinski definition) is 5. The maximum Gasteiger partial charge on any atom is 0.410 e. The minimum Gasteiger partial charge on any atom is -0.440 e. The Morgan fingerprint density at radius 2 is 2.25 bits per heavy atom. The zero-order valence-electron chi connectivity index (χ0n) is 9.02. The molecule has 92 valence electrons. The number of amides is 1. The molecule has 7 heteroatoms. The fourth-order valence-electron chi connectivity index (χ4n) is 2.24. The molecule has 6 nitrogen and oxygen atoms in total. The van der Waals surface area contributed by atoms with Gasteiger partial charge >= 0.3 is 6.09 Å². The van der Waals surface area contributed by atoms with Crippen LogP contribution in [0.2, 0.25) is 0 Å². The van der Waals surface area contributed by atoms with E-state index in [1.54, 1.807) is 4.90 Å². The van der Waals surface area contributed by atoms with E-state index < -0.39 is 21.5 Å². The van der Waals surface area contributed by atoms with E-state index in [0.29, 0.717) is 32.5 Å². The number of rotatable bonds is 3. The molecule has 2 heterocycles. The maximum atomic E-state index is 11.5. The molecular weight excluding hydrogens is 232 g/mol. The Morgan fingerprint density at radius 3 is 2.81 bits per heavy atom. The van der Waals surface area contributed by atoms with E-state index in [9.17, 15) is 13.2 Å². The van der Waals surface area contributed by atoms with Gasteiger partial charge in [0.1, 0.15) is 5.60 Å². The molecule has 2 fully saturated rings. The molecule has 0 aromatic rings.